The van der Waals surface area contributed by atoms with Gasteiger partial charge in [0.2, 0.25) is 5.82 Å². The highest BCUT2D eigenvalue weighted by atomic mass is 16.4. The number of nitrogens with zero attached hydrogens (tertiary/aromatic N) is 2. The van der Waals surface area contributed by atoms with Crippen molar-refractivity contribution in [3.05, 3.63) is 5.82 Å². The van der Waals surface area contributed by atoms with E-state index in [1.54, 1.807) is 0 Å². The average molecular weight is 347 g/mol. The molecule has 0 unspecified atom stereocenters. The predicted molar refractivity (Wildman–Crippen MR) is 98.9 cm³/mol. The Morgan fingerprint density at radius 3 is 2.52 bits per heavy atom. The van der Waals surface area contributed by atoms with Gasteiger partial charge in [0.1, 0.15) is 5.69 Å². The fourth-order valence-electron chi connectivity index (χ4n) is 3.76. The van der Waals surface area contributed by atoms with Gasteiger partial charge in [0.25, 0.3) is 0 Å². The highest BCUT2D eigenvalue weighted by molar-refractivity contribution is 5.87. The minimum absolute atomic E-state index is 0.200. The molecule has 0 spiro atoms. The second-order valence-electron chi connectivity index (χ2n) is 7.47. The maximum Gasteiger partial charge on any atom is 0.374 e. The first-order valence-electron chi connectivity index (χ1n) is 9.45. The predicted octanol–water partition coefficient (Wildman–Crippen LogP) is 3.35. The second-order valence-corrected chi connectivity index (χ2v) is 7.47. The Balaban J connectivity index is 1.76. The van der Waals surface area contributed by atoms with E-state index in [-0.39, 0.29) is 17.7 Å². The van der Waals surface area contributed by atoms with E-state index in [1.807, 2.05) is 0 Å². The van der Waals surface area contributed by atoms with Crippen molar-refractivity contribution in [2.24, 2.45) is 11.8 Å². The van der Waals surface area contributed by atoms with Gasteiger partial charge in [0.05, 0.1) is 0 Å². The first-order chi connectivity index (χ1) is 12.0. The van der Waals surface area contributed by atoms with Crippen molar-refractivity contribution in [2.45, 2.75) is 64.3 Å². The number of aromatic carboxylic acids is 1. The third-order valence-electron chi connectivity index (χ3n) is 5.64. The Morgan fingerprint density at radius 1 is 1.20 bits per heavy atom. The van der Waals surface area contributed by atoms with Crippen molar-refractivity contribution in [2.75, 3.05) is 22.9 Å². The highest BCUT2D eigenvalue weighted by Crippen LogP contribution is 2.34. The summed E-state index contributed by atoms with van der Waals surface area (Å²) in [6.07, 6.45) is 9.98. The largest absolute Gasteiger partial charge is 0.475 e. The van der Waals surface area contributed by atoms with Gasteiger partial charge in [-0.1, -0.05) is 25.7 Å². The minimum Gasteiger partial charge on any atom is -0.475 e. The van der Waals surface area contributed by atoms with Crippen molar-refractivity contribution >= 4 is 23.3 Å². The summed E-state index contributed by atoms with van der Waals surface area (Å²) >= 11 is 0. The third-order valence-corrected chi connectivity index (χ3v) is 5.64. The van der Waals surface area contributed by atoms with Crippen LogP contribution in [0, 0.1) is 11.8 Å². The smallest absolute Gasteiger partial charge is 0.374 e. The standard InChI is InChI=1S/C18H29N5O2/c1-11(13-8-5-9-13)21-16-14(15(19)22-17(23-16)18(24)25)20-10-12-6-3-2-4-7-12/h11-13,20H,2-10H2,1H3,(H,24,25)(H3,19,21,22,23)/t11-/m1/s1. The number of carboxylic acid groups (broad SMARTS) is 1. The molecule has 1 atom stereocenters. The average Bonchev–Trinajstić information content (AvgIpc) is 2.53. The summed E-state index contributed by atoms with van der Waals surface area (Å²) in [5.41, 5.74) is 6.70. The number of nitrogen functional groups attached to an aromatic ring is 1. The summed E-state index contributed by atoms with van der Waals surface area (Å²) in [5.74, 6) is 0.528. The van der Waals surface area contributed by atoms with Gasteiger partial charge in [-0.15, -0.1) is 0 Å². The molecule has 25 heavy (non-hydrogen) atoms. The molecule has 2 fully saturated rings. The molecule has 3 rings (SSSR count). The maximum absolute atomic E-state index is 11.3. The molecular weight excluding hydrogens is 318 g/mol. The molecule has 0 aliphatic heterocycles. The minimum atomic E-state index is -1.16. The van der Waals surface area contributed by atoms with Crippen LogP contribution < -0.4 is 16.4 Å². The lowest BCUT2D eigenvalue weighted by Crippen LogP contribution is -2.32. The molecule has 0 radical (unpaired) electrons. The van der Waals surface area contributed by atoms with Crippen molar-refractivity contribution < 1.29 is 9.90 Å². The number of carbonyl (C=O) groups is 1. The van der Waals surface area contributed by atoms with E-state index in [0.717, 1.165) is 6.54 Å². The van der Waals surface area contributed by atoms with Gasteiger partial charge in [-0.3, -0.25) is 0 Å². The van der Waals surface area contributed by atoms with Crippen LogP contribution >= 0.6 is 0 Å². The summed E-state index contributed by atoms with van der Waals surface area (Å²) in [7, 11) is 0. The number of carboxylic acids is 1. The Hall–Kier alpha value is -2.05. The van der Waals surface area contributed by atoms with Gasteiger partial charge >= 0.3 is 5.97 Å². The molecule has 2 aliphatic rings. The van der Waals surface area contributed by atoms with Crippen molar-refractivity contribution in [1.82, 2.24) is 9.97 Å². The summed E-state index contributed by atoms with van der Waals surface area (Å²) in [6, 6.07) is 0.236. The molecule has 138 valence electrons. The zero-order valence-electron chi connectivity index (χ0n) is 14.9. The molecule has 1 aromatic rings. The van der Waals surface area contributed by atoms with E-state index < -0.39 is 5.97 Å². The number of nitrogens with two attached hydrogens (primary N) is 1. The zero-order chi connectivity index (χ0) is 17.8. The lowest BCUT2D eigenvalue weighted by Gasteiger charge is -2.33. The first kappa shape index (κ1) is 17.8. The number of nitrogens with one attached hydrogen (secondary N) is 2. The van der Waals surface area contributed by atoms with Gasteiger partial charge in [0.15, 0.2) is 11.6 Å². The Labute approximate surface area is 148 Å². The SMILES string of the molecule is C[C@@H](Nc1nc(C(=O)O)nc(N)c1NCC1CCCCC1)C1CCC1. The van der Waals surface area contributed by atoms with Crippen LogP contribution in [0.1, 0.15) is 68.9 Å². The van der Waals surface area contributed by atoms with Gasteiger partial charge in [-0.2, -0.15) is 0 Å². The fourth-order valence-corrected chi connectivity index (χ4v) is 3.76. The van der Waals surface area contributed by atoms with Gasteiger partial charge in [-0.25, -0.2) is 14.8 Å². The zero-order valence-corrected chi connectivity index (χ0v) is 14.9. The molecule has 2 aliphatic carbocycles. The molecule has 2 saturated carbocycles. The van der Waals surface area contributed by atoms with Crippen LogP contribution in [-0.2, 0) is 0 Å². The number of aromatic nitrogens is 2. The van der Waals surface area contributed by atoms with Gasteiger partial charge < -0.3 is 21.5 Å². The molecule has 1 aromatic heterocycles. The van der Waals surface area contributed by atoms with Gasteiger partial charge in [0, 0.05) is 12.6 Å². The summed E-state index contributed by atoms with van der Waals surface area (Å²) in [6.45, 7) is 2.94. The van der Waals surface area contributed by atoms with Crippen molar-refractivity contribution in [1.29, 1.82) is 0 Å². The van der Waals surface area contributed by atoms with Gasteiger partial charge in [-0.05, 0) is 44.4 Å². The van der Waals surface area contributed by atoms with Crippen LogP contribution in [-0.4, -0.2) is 33.6 Å². The van der Waals surface area contributed by atoms with E-state index in [9.17, 15) is 9.90 Å². The van der Waals surface area contributed by atoms with E-state index in [4.69, 9.17) is 5.73 Å². The topological polar surface area (TPSA) is 113 Å². The molecular formula is C18H29N5O2. The Kier molecular flexibility index (Phi) is 5.60. The van der Waals surface area contributed by atoms with E-state index in [0.29, 0.717) is 23.3 Å². The van der Waals surface area contributed by atoms with Crippen LogP contribution in [0.2, 0.25) is 0 Å². The first-order valence-corrected chi connectivity index (χ1v) is 9.45. The van der Waals surface area contributed by atoms with Crippen LogP contribution in [0.25, 0.3) is 0 Å². The third kappa shape index (κ3) is 4.32. The summed E-state index contributed by atoms with van der Waals surface area (Å²) in [4.78, 5) is 19.4. The number of hydrogen-bond donors (Lipinski definition) is 4. The molecule has 0 aromatic carbocycles. The molecule has 5 N–H and O–H groups in total. The molecule has 7 heteroatoms. The molecule has 7 nitrogen and oxygen atoms in total. The summed E-state index contributed by atoms with van der Waals surface area (Å²) in [5, 5.41) is 16.0. The molecule has 0 saturated heterocycles. The lowest BCUT2D eigenvalue weighted by molar-refractivity contribution is 0.0684. The number of anilines is 3. The quantitative estimate of drug-likeness (QED) is 0.598. The van der Waals surface area contributed by atoms with E-state index in [2.05, 4.69) is 27.5 Å². The Bertz CT molecular complexity index is 612. The van der Waals surface area contributed by atoms with E-state index >= 15 is 0 Å². The summed E-state index contributed by atoms with van der Waals surface area (Å²) < 4.78 is 0. The molecule has 1 heterocycles. The normalized spacial score (nSPS) is 19.9. The highest BCUT2D eigenvalue weighted by Gasteiger charge is 2.26. The maximum atomic E-state index is 11.3. The molecule has 0 amide bonds. The van der Waals surface area contributed by atoms with Crippen LogP contribution in [0.5, 0.6) is 0 Å². The van der Waals surface area contributed by atoms with E-state index in [1.165, 1.54) is 51.4 Å². The van der Waals surface area contributed by atoms with Crippen LogP contribution in [0.3, 0.4) is 0 Å². The number of hydrogen-bond acceptors (Lipinski definition) is 6. The Morgan fingerprint density at radius 2 is 1.92 bits per heavy atom. The number of rotatable bonds is 7. The van der Waals surface area contributed by atoms with Crippen LogP contribution in [0.4, 0.5) is 17.3 Å². The van der Waals surface area contributed by atoms with Crippen molar-refractivity contribution in [3.63, 3.8) is 0 Å². The lowest BCUT2D eigenvalue weighted by atomic mass is 9.80. The van der Waals surface area contributed by atoms with Crippen molar-refractivity contribution in [3.8, 4) is 0 Å². The second kappa shape index (κ2) is 7.89. The fraction of sp³-hybridized carbons (Fsp3) is 0.722. The van der Waals surface area contributed by atoms with Crippen LogP contribution in [0.15, 0.2) is 0 Å². The monoisotopic (exact) mass is 347 g/mol. The molecule has 0 bridgehead atoms.